The molecule has 1 fully saturated rings. The van der Waals surface area contributed by atoms with Crippen LogP contribution in [0.25, 0.3) is 10.9 Å². The topological polar surface area (TPSA) is 130 Å². The van der Waals surface area contributed by atoms with E-state index in [0.29, 0.717) is 53.4 Å². The number of nitrogens with zero attached hydrogens (tertiary/aromatic N) is 3. The van der Waals surface area contributed by atoms with E-state index in [0.717, 1.165) is 12.1 Å². The zero-order valence-corrected chi connectivity index (χ0v) is 26.8. The molecular formula is C31H44ClN7O4. The minimum atomic E-state index is -0.590. The third-order valence-electron chi connectivity index (χ3n) is 7.62. The second-order valence-corrected chi connectivity index (χ2v) is 11.7. The van der Waals surface area contributed by atoms with Crippen molar-refractivity contribution in [3.8, 4) is 11.5 Å². The maximum absolute atomic E-state index is 13.8. The number of halogens is 1. The number of ether oxygens (including phenoxy) is 2. The smallest absolute Gasteiger partial charge is 0.247 e. The summed E-state index contributed by atoms with van der Waals surface area (Å²) in [7, 11) is 5.06. The molecule has 3 atom stereocenters. The molecule has 1 aromatic heterocycles. The molecule has 2 heterocycles. The first-order valence-electron chi connectivity index (χ1n) is 14.3. The summed E-state index contributed by atoms with van der Waals surface area (Å²) >= 11 is 0. The van der Waals surface area contributed by atoms with E-state index in [1.807, 2.05) is 52.1 Å². The molecule has 1 saturated heterocycles. The van der Waals surface area contributed by atoms with Gasteiger partial charge in [0.2, 0.25) is 11.8 Å². The summed E-state index contributed by atoms with van der Waals surface area (Å²) in [6, 6.07) is 10.3. The van der Waals surface area contributed by atoms with Gasteiger partial charge in [-0.25, -0.2) is 9.97 Å². The van der Waals surface area contributed by atoms with Gasteiger partial charge in [-0.1, -0.05) is 26.8 Å². The van der Waals surface area contributed by atoms with Gasteiger partial charge in [0.1, 0.15) is 29.7 Å². The summed E-state index contributed by atoms with van der Waals surface area (Å²) < 4.78 is 11.0. The third-order valence-corrected chi connectivity index (χ3v) is 7.62. The minimum Gasteiger partial charge on any atom is -0.497 e. The number of benzene rings is 2. The number of fused-ring (bicyclic) bond motifs is 1. The fourth-order valence-corrected chi connectivity index (χ4v) is 5.13. The first-order chi connectivity index (χ1) is 20.0. The number of methoxy groups -OCH3 is 2. The van der Waals surface area contributed by atoms with E-state index in [1.165, 1.54) is 6.33 Å². The molecule has 0 spiro atoms. The van der Waals surface area contributed by atoms with Crippen LogP contribution in [-0.4, -0.2) is 79.2 Å². The number of nitrogens with one attached hydrogen (secondary N) is 4. The van der Waals surface area contributed by atoms with Crippen LogP contribution in [0.3, 0.4) is 0 Å². The lowest BCUT2D eigenvalue weighted by Crippen LogP contribution is -2.57. The van der Waals surface area contributed by atoms with Gasteiger partial charge in [0.25, 0.3) is 0 Å². The van der Waals surface area contributed by atoms with Crippen molar-refractivity contribution in [3.05, 3.63) is 42.7 Å². The maximum Gasteiger partial charge on any atom is 0.247 e. The number of likely N-dealkylation sites (N-methyl/N-ethyl adjacent to an activating group) is 1. The fourth-order valence-electron chi connectivity index (χ4n) is 5.13. The molecule has 2 amide bonds. The van der Waals surface area contributed by atoms with Gasteiger partial charge in [0.15, 0.2) is 0 Å². The maximum atomic E-state index is 13.8. The van der Waals surface area contributed by atoms with E-state index in [9.17, 15) is 9.59 Å². The van der Waals surface area contributed by atoms with E-state index in [2.05, 4.69) is 38.2 Å². The van der Waals surface area contributed by atoms with Crippen molar-refractivity contribution in [2.45, 2.75) is 58.7 Å². The van der Waals surface area contributed by atoms with Gasteiger partial charge in [-0.2, -0.15) is 0 Å². The van der Waals surface area contributed by atoms with Crippen molar-refractivity contribution in [3.63, 3.8) is 0 Å². The number of carbonyl (C=O) groups excluding carboxylic acids is 2. The number of hydrogen-bond acceptors (Lipinski definition) is 9. The summed E-state index contributed by atoms with van der Waals surface area (Å²) in [5.74, 6) is 1.43. The molecule has 43 heavy (non-hydrogen) atoms. The van der Waals surface area contributed by atoms with Crippen LogP contribution in [0.4, 0.5) is 17.2 Å². The highest BCUT2D eigenvalue weighted by molar-refractivity contribution is 6.02. The average Bonchev–Trinajstić information content (AvgIpc) is 3.47. The molecule has 2 aromatic carbocycles. The van der Waals surface area contributed by atoms with Crippen LogP contribution in [0.1, 0.15) is 40.5 Å². The molecular weight excluding hydrogens is 570 g/mol. The van der Waals surface area contributed by atoms with E-state index in [-0.39, 0.29) is 35.7 Å². The van der Waals surface area contributed by atoms with Gasteiger partial charge < -0.3 is 35.6 Å². The Morgan fingerprint density at radius 1 is 1.12 bits per heavy atom. The predicted molar refractivity (Wildman–Crippen MR) is 173 cm³/mol. The average molecular weight is 614 g/mol. The zero-order valence-electron chi connectivity index (χ0n) is 26.0. The van der Waals surface area contributed by atoms with Crippen molar-refractivity contribution >= 4 is 52.3 Å². The zero-order chi connectivity index (χ0) is 30.4. The molecule has 0 bridgehead atoms. The van der Waals surface area contributed by atoms with Crippen molar-refractivity contribution in [2.24, 2.45) is 5.41 Å². The highest BCUT2D eigenvalue weighted by atomic mass is 35.5. The highest BCUT2D eigenvalue weighted by Crippen LogP contribution is 2.34. The molecule has 12 heteroatoms. The second-order valence-electron chi connectivity index (χ2n) is 11.7. The van der Waals surface area contributed by atoms with Crippen LogP contribution in [0.2, 0.25) is 0 Å². The molecule has 1 aliphatic heterocycles. The van der Waals surface area contributed by atoms with Crippen LogP contribution in [0, 0.1) is 5.41 Å². The molecule has 0 saturated carbocycles. The summed E-state index contributed by atoms with van der Waals surface area (Å²) in [4.78, 5) is 38.1. The van der Waals surface area contributed by atoms with Crippen LogP contribution in [0.15, 0.2) is 42.7 Å². The van der Waals surface area contributed by atoms with Gasteiger partial charge in [-0.05, 0) is 50.4 Å². The molecule has 0 aliphatic carbocycles. The molecule has 0 radical (unpaired) electrons. The minimum absolute atomic E-state index is 0. The molecule has 234 valence electrons. The SMILES string of the molecule is CN[C@@H](C)CN[C@H](C(=O)N1CCC[C@H]1C(=O)Nc1cc2c(Nc3cccc(OC)c3)ncnc2cc1OC)C(C)(C)C.Cl. The number of amides is 2. The molecule has 11 nitrogen and oxygen atoms in total. The number of likely N-dealkylation sites (tertiary alicyclic amines) is 1. The highest BCUT2D eigenvalue weighted by Gasteiger charge is 2.41. The first kappa shape index (κ1) is 33.8. The van der Waals surface area contributed by atoms with E-state index >= 15 is 0 Å². The molecule has 4 rings (SSSR count). The number of anilines is 3. The van der Waals surface area contributed by atoms with Crippen LogP contribution in [-0.2, 0) is 9.59 Å². The molecule has 1 aliphatic rings. The number of carbonyl (C=O) groups is 2. The number of aromatic nitrogens is 2. The van der Waals surface area contributed by atoms with Crippen molar-refractivity contribution in [1.29, 1.82) is 0 Å². The summed E-state index contributed by atoms with van der Waals surface area (Å²) in [5.41, 5.74) is 1.59. The van der Waals surface area contributed by atoms with Gasteiger partial charge in [-0.15, -0.1) is 12.4 Å². The largest absolute Gasteiger partial charge is 0.497 e. The predicted octanol–water partition coefficient (Wildman–Crippen LogP) is 4.35. The standard InChI is InChI=1S/C31H43N7O4.ClH/c1-19(32-5)17-33-27(31(2,3)4)30(40)38-13-9-12-25(38)29(39)37-24-15-22-23(16-26(24)42-7)34-18-35-28(22)36-20-10-8-11-21(14-20)41-6;/h8,10-11,14-16,18-19,25,27,32-33H,9,12-13,17H2,1-7H3,(H,37,39)(H,34,35,36);1H/t19-,25-,27+;/m0./s1. The first-order valence-corrected chi connectivity index (χ1v) is 14.3. The summed E-state index contributed by atoms with van der Waals surface area (Å²) in [5, 5.41) is 13.7. The Bertz CT molecular complexity index is 1410. The van der Waals surface area contributed by atoms with Gasteiger partial charge in [0.05, 0.1) is 31.5 Å². The summed E-state index contributed by atoms with van der Waals surface area (Å²) in [6.45, 7) is 9.34. The van der Waals surface area contributed by atoms with E-state index in [4.69, 9.17) is 9.47 Å². The van der Waals surface area contributed by atoms with Crippen LogP contribution < -0.4 is 30.7 Å². The lowest BCUT2D eigenvalue weighted by atomic mass is 9.85. The lowest BCUT2D eigenvalue weighted by Gasteiger charge is -2.36. The number of hydrogen-bond donors (Lipinski definition) is 4. The molecule has 4 N–H and O–H groups in total. The van der Waals surface area contributed by atoms with E-state index in [1.54, 1.807) is 31.3 Å². The van der Waals surface area contributed by atoms with E-state index < -0.39 is 12.1 Å². The Morgan fingerprint density at radius 2 is 1.88 bits per heavy atom. The Labute approximate surface area is 259 Å². The molecule has 3 aromatic rings. The van der Waals surface area contributed by atoms with Gasteiger partial charge in [0, 0.05) is 42.3 Å². The Hall–Kier alpha value is -3.67. The van der Waals surface area contributed by atoms with Gasteiger partial charge >= 0.3 is 0 Å². The monoisotopic (exact) mass is 613 g/mol. The van der Waals surface area contributed by atoms with Crippen molar-refractivity contribution < 1.29 is 19.1 Å². The van der Waals surface area contributed by atoms with Crippen molar-refractivity contribution in [2.75, 3.05) is 45.0 Å². The fraction of sp³-hybridized carbons (Fsp3) is 0.484. The lowest BCUT2D eigenvalue weighted by molar-refractivity contribution is -0.140. The quantitative estimate of drug-likeness (QED) is 0.249. The second kappa shape index (κ2) is 14.7. The third kappa shape index (κ3) is 8.04. The van der Waals surface area contributed by atoms with Crippen LogP contribution in [0.5, 0.6) is 11.5 Å². The normalized spacial score (nSPS) is 16.3. The van der Waals surface area contributed by atoms with Gasteiger partial charge in [-0.3, -0.25) is 9.59 Å². The Morgan fingerprint density at radius 3 is 2.56 bits per heavy atom. The Balaban J connectivity index is 0.00000506. The number of rotatable bonds is 11. The van der Waals surface area contributed by atoms with Crippen LogP contribution >= 0.6 is 12.4 Å². The Kier molecular flexibility index (Phi) is 11.5. The molecule has 0 unspecified atom stereocenters. The summed E-state index contributed by atoms with van der Waals surface area (Å²) in [6.07, 6.45) is 2.81. The van der Waals surface area contributed by atoms with Crippen molar-refractivity contribution in [1.82, 2.24) is 25.5 Å².